The molecule has 2 aromatic carbocycles. The number of benzene rings is 2. The predicted molar refractivity (Wildman–Crippen MR) is 91.2 cm³/mol. The summed E-state index contributed by atoms with van der Waals surface area (Å²) in [5.41, 5.74) is 7.23. The van der Waals surface area contributed by atoms with Crippen molar-refractivity contribution in [2.75, 3.05) is 32.2 Å². The molecule has 0 saturated carbocycles. The van der Waals surface area contributed by atoms with Gasteiger partial charge in [0.05, 0.1) is 37.6 Å². The summed E-state index contributed by atoms with van der Waals surface area (Å²) in [5, 5.41) is 5.06. The Hall–Kier alpha value is -2.65. The fraction of sp³-hybridized carbons (Fsp3) is 0.200. The van der Waals surface area contributed by atoms with Crippen LogP contribution in [0.15, 0.2) is 41.3 Å². The molecule has 0 saturated heterocycles. The van der Waals surface area contributed by atoms with Gasteiger partial charge in [0, 0.05) is 12.1 Å². The number of methoxy groups -OCH3 is 3. The lowest BCUT2D eigenvalue weighted by Crippen LogP contribution is -2.13. The molecule has 0 aliphatic rings. The highest BCUT2D eigenvalue weighted by atomic mass is 32.2. The first-order valence-electron chi connectivity index (χ1n) is 6.84. The summed E-state index contributed by atoms with van der Waals surface area (Å²) < 4.78 is 38.3. The van der Waals surface area contributed by atoms with Gasteiger partial charge in [0.2, 0.25) is 15.8 Å². The number of hydrazine groups is 1. The van der Waals surface area contributed by atoms with E-state index in [2.05, 4.69) is 10.9 Å². The van der Waals surface area contributed by atoms with Crippen LogP contribution in [0.4, 0.5) is 11.4 Å². The zero-order valence-electron chi connectivity index (χ0n) is 13.5. The Bertz CT molecular complexity index is 781. The number of primary sulfonamides is 1. The van der Waals surface area contributed by atoms with E-state index >= 15 is 0 Å². The van der Waals surface area contributed by atoms with Gasteiger partial charge >= 0.3 is 0 Å². The van der Waals surface area contributed by atoms with E-state index in [1.54, 1.807) is 24.3 Å². The Balaban J connectivity index is 2.17. The van der Waals surface area contributed by atoms with Crippen LogP contribution in [-0.2, 0) is 10.0 Å². The maximum absolute atomic E-state index is 11.2. The van der Waals surface area contributed by atoms with Crippen molar-refractivity contribution in [3.8, 4) is 17.2 Å². The highest BCUT2D eigenvalue weighted by molar-refractivity contribution is 7.89. The van der Waals surface area contributed by atoms with Crippen LogP contribution in [0.3, 0.4) is 0 Å². The minimum atomic E-state index is -3.71. The largest absolute Gasteiger partial charge is 0.493 e. The molecular formula is C15H19N3O5S. The standard InChI is InChI=1S/C15H19N3O5S/c1-21-13-8-11(9-14(22-2)15(13)23-3)18-17-10-4-6-12(7-5-10)24(16,19)20/h4-9,17-18H,1-3H3,(H2,16,19,20). The minimum Gasteiger partial charge on any atom is -0.493 e. The third-order valence-electron chi connectivity index (χ3n) is 3.20. The molecular weight excluding hydrogens is 334 g/mol. The summed E-state index contributed by atoms with van der Waals surface area (Å²) in [7, 11) is 0.876. The molecule has 9 heteroatoms. The van der Waals surface area contributed by atoms with E-state index in [9.17, 15) is 8.42 Å². The first kappa shape index (κ1) is 17.7. The summed E-state index contributed by atoms with van der Waals surface area (Å²) in [4.78, 5) is 0.0424. The van der Waals surface area contributed by atoms with Gasteiger partial charge in [-0.15, -0.1) is 0 Å². The fourth-order valence-corrected chi connectivity index (χ4v) is 2.54. The average Bonchev–Trinajstić information content (AvgIpc) is 2.58. The Kier molecular flexibility index (Phi) is 5.37. The summed E-state index contributed by atoms with van der Waals surface area (Å²) >= 11 is 0. The third-order valence-corrected chi connectivity index (χ3v) is 4.13. The van der Waals surface area contributed by atoms with Gasteiger partial charge in [0.15, 0.2) is 11.5 Å². The van der Waals surface area contributed by atoms with Gasteiger partial charge < -0.3 is 25.1 Å². The second-order valence-corrected chi connectivity index (χ2v) is 6.29. The molecule has 0 amide bonds. The van der Waals surface area contributed by atoms with Gasteiger partial charge in [-0.25, -0.2) is 13.6 Å². The van der Waals surface area contributed by atoms with Gasteiger partial charge in [-0.3, -0.25) is 0 Å². The van der Waals surface area contributed by atoms with Gasteiger partial charge in [0.25, 0.3) is 0 Å². The van der Waals surface area contributed by atoms with Crippen LogP contribution in [-0.4, -0.2) is 29.7 Å². The van der Waals surface area contributed by atoms with Crippen molar-refractivity contribution >= 4 is 21.4 Å². The molecule has 24 heavy (non-hydrogen) atoms. The van der Waals surface area contributed by atoms with E-state index in [0.717, 1.165) is 0 Å². The first-order chi connectivity index (χ1) is 11.4. The van der Waals surface area contributed by atoms with Crippen molar-refractivity contribution in [3.63, 3.8) is 0 Å². The molecule has 2 rings (SSSR count). The van der Waals surface area contributed by atoms with Crippen molar-refractivity contribution < 1.29 is 22.6 Å². The van der Waals surface area contributed by atoms with Crippen LogP contribution in [0.25, 0.3) is 0 Å². The van der Waals surface area contributed by atoms with E-state index in [1.807, 2.05) is 0 Å². The van der Waals surface area contributed by atoms with Crippen LogP contribution in [0.2, 0.25) is 0 Å². The molecule has 0 fully saturated rings. The number of hydrogen-bond acceptors (Lipinski definition) is 7. The molecule has 2 aromatic rings. The molecule has 0 radical (unpaired) electrons. The molecule has 0 atom stereocenters. The molecule has 8 nitrogen and oxygen atoms in total. The monoisotopic (exact) mass is 353 g/mol. The zero-order chi connectivity index (χ0) is 17.7. The number of nitrogens with one attached hydrogen (secondary N) is 2. The second-order valence-electron chi connectivity index (χ2n) is 4.73. The van der Waals surface area contributed by atoms with E-state index in [0.29, 0.717) is 28.6 Å². The van der Waals surface area contributed by atoms with Crippen molar-refractivity contribution in [3.05, 3.63) is 36.4 Å². The maximum Gasteiger partial charge on any atom is 0.238 e. The number of ether oxygens (including phenoxy) is 3. The SMILES string of the molecule is COc1cc(NNc2ccc(S(N)(=O)=O)cc2)cc(OC)c1OC. The fourth-order valence-electron chi connectivity index (χ4n) is 2.03. The second kappa shape index (κ2) is 7.28. The quantitative estimate of drug-likeness (QED) is 0.651. The lowest BCUT2D eigenvalue weighted by Gasteiger charge is -2.16. The Morgan fingerprint density at radius 2 is 1.33 bits per heavy atom. The van der Waals surface area contributed by atoms with Crippen molar-refractivity contribution in [2.24, 2.45) is 5.14 Å². The van der Waals surface area contributed by atoms with Crippen LogP contribution < -0.4 is 30.2 Å². The van der Waals surface area contributed by atoms with Crippen LogP contribution in [0, 0.1) is 0 Å². The molecule has 0 bridgehead atoms. The molecule has 0 aliphatic heterocycles. The summed E-state index contributed by atoms with van der Waals surface area (Å²) in [6.07, 6.45) is 0. The Morgan fingerprint density at radius 3 is 1.75 bits per heavy atom. The number of hydrogen-bond donors (Lipinski definition) is 3. The molecule has 0 heterocycles. The molecule has 130 valence electrons. The topological polar surface area (TPSA) is 112 Å². The van der Waals surface area contributed by atoms with Crippen LogP contribution >= 0.6 is 0 Å². The summed E-state index contributed by atoms with van der Waals surface area (Å²) in [6.45, 7) is 0. The van der Waals surface area contributed by atoms with Gasteiger partial charge in [-0.1, -0.05) is 0 Å². The summed E-state index contributed by atoms with van der Waals surface area (Å²) in [6, 6.07) is 9.46. The maximum atomic E-state index is 11.2. The highest BCUT2D eigenvalue weighted by Gasteiger charge is 2.13. The lowest BCUT2D eigenvalue weighted by atomic mass is 10.2. The third kappa shape index (κ3) is 4.00. The van der Waals surface area contributed by atoms with Crippen molar-refractivity contribution in [2.45, 2.75) is 4.90 Å². The van der Waals surface area contributed by atoms with E-state index in [-0.39, 0.29) is 4.90 Å². The van der Waals surface area contributed by atoms with Crippen LogP contribution in [0.5, 0.6) is 17.2 Å². The molecule has 0 spiro atoms. The average molecular weight is 353 g/mol. The molecule has 0 unspecified atom stereocenters. The zero-order valence-corrected chi connectivity index (χ0v) is 14.3. The van der Waals surface area contributed by atoms with E-state index in [4.69, 9.17) is 19.3 Å². The minimum absolute atomic E-state index is 0.0424. The smallest absolute Gasteiger partial charge is 0.238 e. The predicted octanol–water partition coefficient (Wildman–Crippen LogP) is 1.80. The number of rotatable bonds is 7. The summed E-state index contributed by atoms with van der Waals surface area (Å²) in [5.74, 6) is 1.50. The number of anilines is 2. The molecule has 0 aliphatic carbocycles. The van der Waals surface area contributed by atoms with E-state index < -0.39 is 10.0 Å². The molecule has 4 N–H and O–H groups in total. The van der Waals surface area contributed by atoms with Crippen molar-refractivity contribution in [1.82, 2.24) is 0 Å². The number of nitrogens with two attached hydrogens (primary N) is 1. The van der Waals surface area contributed by atoms with Gasteiger partial charge in [0.1, 0.15) is 0 Å². The molecule has 0 aromatic heterocycles. The Labute approximate surface area is 140 Å². The number of sulfonamides is 1. The van der Waals surface area contributed by atoms with Gasteiger partial charge in [-0.05, 0) is 24.3 Å². The van der Waals surface area contributed by atoms with Crippen LogP contribution in [0.1, 0.15) is 0 Å². The Morgan fingerprint density at radius 1 is 0.833 bits per heavy atom. The normalized spacial score (nSPS) is 10.8. The van der Waals surface area contributed by atoms with E-state index in [1.165, 1.54) is 33.5 Å². The lowest BCUT2D eigenvalue weighted by molar-refractivity contribution is 0.324. The van der Waals surface area contributed by atoms with Crippen molar-refractivity contribution in [1.29, 1.82) is 0 Å². The highest BCUT2D eigenvalue weighted by Crippen LogP contribution is 2.39. The van der Waals surface area contributed by atoms with Gasteiger partial charge in [-0.2, -0.15) is 0 Å². The first-order valence-corrected chi connectivity index (χ1v) is 8.38.